The summed E-state index contributed by atoms with van der Waals surface area (Å²) in [5, 5.41) is 3.48. The molecule has 2 N–H and O–H groups in total. The lowest BCUT2D eigenvalue weighted by Gasteiger charge is -2.17. The normalized spacial score (nSPS) is 13.0. The summed E-state index contributed by atoms with van der Waals surface area (Å²) in [4.78, 5) is 0.294. The fourth-order valence-corrected chi connectivity index (χ4v) is 3.16. The van der Waals surface area contributed by atoms with E-state index in [1.807, 2.05) is 24.3 Å². The Morgan fingerprint density at radius 3 is 2.41 bits per heavy atom. The Balaban J connectivity index is 2.10. The quantitative estimate of drug-likeness (QED) is 0.825. The molecule has 0 radical (unpaired) electrons. The van der Waals surface area contributed by atoms with Gasteiger partial charge in [0.1, 0.15) is 0 Å². The van der Waals surface area contributed by atoms with Crippen molar-refractivity contribution in [1.29, 1.82) is 0 Å². The predicted molar refractivity (Wildman–Crippen MR) is 89.0 cm³/mol. The number of benzene rings is 2. The van der Waals surface area contributed by atoms with Crippen LogP contribution < -0.4 is 10.0 Å². The van der Waals surface area contributed by atoms with E-state index in [-0.39, 0.29) is 6.04 Å². The molecule has 0 aliphatic rings. The summed E-state index contributed by atoms with van der Waals surface area (Å²) in [5.74, 6) is 0. The zero-order valence-corrected chi connectivity index (χ0v) is 13.7. The van der Waals surface area contributed by atoms with Crippen molar-refractivity contribution in [3.63, 3.8) is 0 Å². The topological polar surface area (TPSA) is 58.2 Å². The molecule has 1 atom stereocenters. The fourth-order valence-electron chi connectivity index (χ4n) is 2.36. The van der Waals surface area contributed by atoms with Crippen LogP contribution >= 0.6 is 0 Å². The highest BCUT2D eigenvalue weighted by atomic mass is 32.2. The van der Waals surface area contributed by atoms with Crippen molar-refractivity contribution in [1.82, 2.24) is 10.0 Å². The summed E-state index contributed by atoms with van der Waals surface area (Å²) in [5.41, 5.74) is 2.19. The number of nitrogens with one attached hydrogen (secondary N) is 2. The molecule has 1 unspecified atom stereocenters. The van der Waals surface area contributed by atoms with Gasteiger partial charge in [-0.05, 0) is 36.7 Å². The average molecular weight is 318 g/mol. The molecule has 0 aliphatic heterocycles. The van der Waals surface area contributed by atoms with Crippen LogP contribution in [-0.4, -0.2) is 15.5 Å². The summed E-state index contributed by atoms with van der Waals surface area (Å²) in [6.45, 7) is 2.76. The van der Waals surface area contributed by atoms with Crippen molar-refractivity contribution in [3.05, 3.63) is 65.7 Å². The number of hydrogen-bond acceptors (Lipinski definition) is 3. The second kappa shape index (κ2) is 7.54. The van der Waals surface area contributed by atoms with Gasteiger partial charge in [0, 0.05) is 12.6 Å². The standard InChI is InChI=1S/C17H22N2O2S/c1-3-17(15-9-5-4-6-10-15)19-13-14-8-7-11-16(12-14)22(20,21)18-2/h4-12,17-19H,3,13H2,1-2H3. The van der Waals surface area contributed by atoms with Gasteiger partial charge in [-0.1, -0.05) is 49.4 Å². The molecule has 2 aromatic rings. The summed E-state index contributed by atoms with van der Waals surface area (Å²) in [7, 11) is -1.98. The SMILES string of the molecule is CCC(NCc1cccc(S(=O)(=O)NC)c1)c1ccccc1. The molecule has 2 aromatic carbocycles. The van der Waals surface area contributed by atoms with Gasteiger partial charge in [-0.2, -0.15) is 0 Å². The first-order valence-corrected chi connectivity index (χ1v) is 8.86. The molecule has 2 rings (SSSR count). The van der Waals surface area contributed by atoms with Crippen LogP contribution in [0.25, 0.3) is 0 Å². The van der Waals surface area contributed by atoms with Crippen molar-refractivity contribution >= 4 is 10.0 Å². The molecule has 0 saturated heterocycles. The Hall–Kier alpha value is -1.69. The molecule has 5 heteroatoms. The predicted octanol–water partition coefficient (Wildman–Crippen LogP) is 2.84. The van der Waals surface area contributed by atoms with Crippen LogP contribution in [0.1, 0.15) is 30.5 Å². The van der Waals surface area contributed by atoms with Crippen LogP contribution in [-0.2, 0) is 16.6 Å². The molecule has 0 aliphatic carbocycles. The van der Waals surface area contributed by atoms with E-state index < -0.39 is 10.0 Å². The molecule has 0 fully saturated rings. The third-order valence-electron chi connectivity index (χ3n) is 3.64. The lowest BCUT2D eigenvalue weighted by Crippen LogP contribution is -2.21. The van der Waals surface area contributed by atoms with Gasteiger partial charge in [0.15, 0.2) is 0 Å². The Bertz CT molecular complexity index is 700. The minimum Gasteiger partial charge on any atom is -0.306 e. The van der Waals surface area contributed by atoms with Gasteiger partial charge in [-0.15, -0.1) is 0 Å². The van der Waals surface area contributed by atoms with Crippen LogP contribution in [0.3, 0.4) is 0 Å². The molecule has 0 spiro atoms. The van der Waals surface area contributed by atoms with Crippen LogP contribution in [0.2, 0.25) is 0 Å². The first kappa shape index (κ1) is 16.7. The van der Waals surface area contributed by atoms with E-state index in [0.29, 0.717) is 11.4 Å². The van der Waals surface area contributed by atoms with Gasteiger partial charge in [0.25, 0.3) is 0 Å². The van der Waals surface area contributed by atoms with Crippen molar-refractivity contribution in [2.24, 2.45) is 0 Å². The average Bonchev–Trinajstić information content (AvgIpc) is 2.57. The van der Waals surface area contributed by atoms with E-state index in [1.165, 1.54) is 12.6 Å². The smallest absolute Gasteiger partial charge is 0.240 e. The van der Waals surface area contributed by atoms with Gasteiger partial charge in [-0.25, -0.2) is 13.1 Å². The maximum absolute atomic E-state index is 11.8. The summed E-state index contributed by atoms with van der Waals surface area (Å²) >= 11 is 0. The molecule has 0 saturated carbocycles. The molecule has 0 amide bonds. The largest absolute Gasteiger partial charge is 0.306 e. The molecular formula is C17H22N2O2S. The van der Waals surface area contributed by atoms with E-state index in [1.54, 1.807) is 18.2 Å². The van der Waals surface area contributed by atoms with Crippen molar-refractivity contribution in [3.8, 4) is 0 Å². The van der Waals surface area contributed by atoms with Gasteiger partial charge in [-0.3, -0.25) is 0 Å². The Kier molecular flexibility index (Phi) is 5.71. The molecule has 0 bridgehead atoms. The first-order chi connectivity index (χ1) is 10.6. The van der Waals surface area contributed by atoms with Crippen LogP contribution in [0.5, 0.6) is 0 Å². The molecule has 4 nitrogen and oxygen atoms in total. The number of hydrogen-bond donors (Lipinski definition) is 2. The molecule has 22 heavy (non-hydrogen) atoms. The zero-order chi connectivity index (χ0) is 16.0. The van der Waals surface area contributed by atoms with Gasteiger partial charge < -0.3 is 5.32 Å². The van der Waals surface area contributed by atoms with Gasteiger partial charge >= 0.3 is 0 Å². The van der Waals surface area contributed by atoms with E-state index in [4.69, 9.17) is 0 Å². The van der Waals surface area contributed by atoms with Crippen molar-refractivity contribution in [2.75, 3.05) is 7.05 Å². The maximum Gasteiger partial charge on any atom is 0.240 e. The first-order valence-electron chi connectivity index (χ1n) is 7.37. The van der Waals surface area contributed by atoms with Crippen LogP contribution in [0.15, 0.2) is 59.5 Å². The van der Waals surface area contributed by atoms with E-state index >= 15 is 0 Å². The van der Waals surface area contributed by atoms with Crippen molar-refractivity contribution < 1.29 is 8.42 Å². The maximum atomic E-state index is 11.8. The Labute approximate surface area is 132 Å². The highest BCUT2D eigenvalue weighted by molar-refractivity contribution is 7.89. The third-order valence-corrected chi connectivity index (χ3v) is 5.05. The number of sulfonamides is 1. The second-order valence-electron chi connectivity index (χ2n) is 5.11. The summed E-state index contributed by atoms with van der Waals surface area (Å²) in [6.07, 6.45) is 0.971. The Morgan fingerprint density at radius 2 is 1.77 bits per heavy atom. The Morgan fingerprint density at radius 1 is 1.05 bits per heavy atom. The highest BCUT2D eigenvalue weighted by Gasteiger charge is 2.12. The van der Waals surface area contributed by atoms with Gasteiger partial charge in [0.05, 0.1) is 4.90 Å². The summed E-state index contributed by atoms with van der Waals surface area (Å²) < 4.78 is 26.0. The monoisotopic (exact) mass is 318 g/mol. The second-order valence-corrected chi connectivity index (χ2v) is 6.99. The zero-order valence-electron chi connectivity index (χ0n) is 12.9. The summed E-state index contributed by atoms with van der Waals surface area (Å²) in [6, 6.07) is 17.5. The molecular weight excluding hydrogens is 296 g/mol. The van der Waals surface area contributed by atoms with E-state index in [9.17, 15) is 8.42 Å². The van der Waals surface area contributed by atoms with E-state index in [0.717, 1.165) is 12.0 Å². The minimum absolute atomic E-state index is 0.255. The van der Waals surface area contributed by atoms with Crippen LogP contribution in [0, 0.1) is 0 Å². The van der Waals surface area contributed by atoms with E-state index in [2.05, 4.69) is 29.1 Å². The minimum atomic E-state index is -3.39. The fraction of sp³-hybridized carbons (Fsp3) is 0.294. The third kappa shape index (κ3) is 4.16. The van der Waals surface area contributed by atoms with Crippen molar-refractivity contribution in [2.45, 2.75) is 30.8 Å². The lowest BCUT2D eigenvalue weighted by molar-refractivity contribution is 0.518. The lowest BCUT2D eigenvalue weighted by atomic mass is 10.0. The number of rotatable bonds is 7. The molecule has 0 aromatic heterocycles. The molecule has 0 heterocycles. The van der Waals surface area contributed by atoms with Gasteiger partial charge in [0.2, 0.25) is 10.0 Å². The van der Waals surface area contributed by atoms with Crippen LogP contribution in [0.4, 0.5) is 0 Å². The highest BCUT2D eigenvalue weighted by Crippen LogP contribution is 2.17. The molecule has 118 valence electrons.